The van der Waals surface area contributed by atoms with Gasteiger partial charge in [0.2, 0.25) is 0 Å². The minimum Gasteiger partial charge on any atom is -0.456 e. The Hall–Kier alpha value is -7.56. The summed E-state index contributed by atoms with van der Waals surface area (Å²) in [6, 6.07) is 67.2. The van der Waals surface area contributed by atoms with E-state index in [0.29, 0.717) is 5.82 Å². The molecular weight excluding hydrogens is 685 g/mol. The lowest BCUT2D eigenvalue weighted by molar-refractivity contribution is 0.668. The van der Waals surface area contributed by atoms with Crippen molar-refractivity contribution in [3.8, 4) is 67.3 Å². The molecule has 8 aromatic carbocycles. The Kier molecular flexibility index (Phi) is 7.46. The van der Waals surface area contributed by atoms with Crippen LogP contribution in [0.25, 0.3) is 111 Å². The summed E-state index contributed by atoms with van der Waals surface area (Å²) in [4.78, 5) is 10.3. The van der Waals surface area contributed by atoms with Crippen LogP contribution in [0.15, 0.2) is 203 Å². The maximum Gasteiger partial charge on any atom is 0.160 e. The first-order chi connectivity index (χ1) is 27.7. The quantitative estimate of drug-likeness (QED) is 0.172. The average Bonchev–Trinajstić information content (AvgIpc) is 3.85. The van der Waals surface area contributed by atoms with Gasteiger partial charge in [-0.05, 0) is 64.2 Å². The standard InChI is InChI=1S/C52H32N2O2/c1-3-13-33(14-4-1)38-17-7-8-18-41(38)46-32-45(53-52(54-46)36-15-5-2-6-16-36)35-25-23-34(24-26-35)40-30-29-39(50-44-20-10-12-22-48(44)56-51(40)50)37-27-28-43-42-19-9-11-21-47(42)55-49(43)31-37/h1-32H. The number of nitrogens with zero attached hydrogens (tertiary/aromatic N) is 2. The Balaban J connectivity index is 1.03. The number of para-hydroxylation sites is 2. The molecule has 0 unspecified atom stereocenters. The molecule has 56 heavy (non-hydrogen) atoms. The fourth-order valence-corrected chi connectivity index (χ4v) is 8.04. The largest absolute Gasteiger partial charge is 0.456 e. The normalized spacial score (nSPS) is 11.6. The fraction of sp³-hybridized carbons (Fsp3) is 0. The maximum atomic E-state index is 6.68. The zero-order valence-electron chi connectivity index (χ0n) is 30.2. The minimum absolute atomic E-state index is 0.686. The molecule has 0 saturated heterocycles. The molecule has 0 bridgehead atoms. The molecule has 0 aliphatic heterocycles. The van der Waals surface area contributed by atoms with Crippen LogP contribution in [0.2, 0.25) is 0 Å². The Labute approximate surface area is 323 Å². The lowest BCUT2D eigenvalue weighted by atomic mass is 9.93. The van der Waals surface area contributed by atoms with Gasteiger partial charge in [0.05, 0.1) is 11.4 Å². The zero-order valence-corrected chi connectivity index (χ0v) is 30.2. The molecule has 0 radical (unpaired) electrons. The molecule has 4 heteroatoms. The highest BCUT2D eigenvalue weighted by atomic mass is 16.3. The highest BCUT2D eigenvalue weighted by molar-refractivity contribution is 6.17. The van der Waals surface area contributed by atoms with Crippen molar-refractivity contribution < 1.29 is 8.83 Å². The van der Waals surface area contributed by atoms with Gasteiger partial charge in [0.15, 0.2) is 5.82 Å². The molecule has 0 fully saturated rings. The van der Waals surface area contributed by atoms with Gasteiger partial charge in [0.1, 0.15) is 22.3 Å². The van der Waals surface area contributed by atoms with E-state index < -0.39 is 0 Å². The average molecular weight is 717 g/mol. The highest BCUT2D eigenvalue weighted by Crippen LogP contribution is 2.43. The van der Waals surface area contributed by atoms with Gasteiger partial charge in [-0.1, -0.05) is 158 Å². The van der Waals surface area contributed by atoms with E-state index in [1.54, 1.807) is 0 Å². The van der Waals surface area contributed by atoms with Crippen LogP contribution >= 0.6 is 0 Å². The Morgan fingerprint density at radius 2 is 0.857 bits per heavy atom. The SMILES string of the molecule is c1ccc(-c2nc(-c3ccc(-c4ccc(-c5ccc6c(c5)oc5ccccc56)c5c4oc4ccccc45)cc3)cc(-c3ccccc3-c3ccccc3)n2)cc1. The number of rotatable bonds is 6. The van der Waals surface area contributed by atoms with Crippen LogP contribution in [0, 0.1) is 0 Å². The number of benzene rings is 8. The Bertz CT molecular complexity index is 3230. The number of furan rings is 2. The third kappa shape index (κ3) is 5.39. The smallest absolute Gasteiger partial charge is 0.160 e. The van der Waals surface area contributed by atoms with Crippen LogP contribution in [0.1, 0.15) is 0 Å². The molecular formula is C52H32N2O2. The van der Waals surface area contributed by atoms with Crippen molar-refractivity contribution in [2.45, 2.75) is 0 Å². The summed E-state index contributed by atoms with van der Waals surface area (Å²) in [5.41, 5.74) is 14.8. The van der Waals surface area contributed by atoms with Crippen LogP contribution in [-0.2, 0) is 0 Å². The van der Waals surface area contributed by atoms with Gasteiger partial charge in [-0.2, -0.15) is 0 Å². The van der Waals surface area contributed by atoms with Crippen LogP contribution in [0.3, 0.4) is 0 Å². The van der Waals surface area contributed by atoms with Crippen molar-refractivity contribution in [3.63, 3.8) is 0 Å². The summed E-state index contributed by atoms with van der Waals surface area (Å²) in [7, 11) is 0. The van der Waals surface area contributed by atoms with E-state index in [0.717, 1.165) is 105 Å². The predicted molar refractivity (Wildman–Crippen MR) is 229 cm³/mol. The van der Waals surface area contributed by atoms with Crippen LogP contribution in [0.4, 0.5) is 0 Å². The van der Waals surface area contributed by atoms with Crippen molar-refractivity contribution >= 4 is 43.9 Å². The zero-order chi connectivity index (χ0) is 37.0. The Morgan fingerprint density at radius 3 is 1.64 bits per heavy atom. The third-order valence-electron chi connectivity index (χ3n) is 10.8. The minimum atomic E-state index is 0.686. The first kappa shape index (κ1) is 31.9. The molecule has 262 valence electrons. The molecule has 11 aromatic rings. The molecule has 0 aliphatic carbocycles. The molecule has 0 aliphatic rings. The van der Waals surface area contributed by atoms with Crippen molar-refractivity contribution in [1.29, 1.82) is 0 Å². The first-order valence-corrected chi connectivity index (χ1v) is 18.8. The van der Waals surface area contributed by atoms with E-state index in [9.17, 15) is 0 Å². The van der Waals surface area contributed by atoms with Crippen LogP contribution in [0.5, 0.6) is 0 Å². The molecule has 0 saturated carbocycles. The first-order valence-electron chi connectivity index (χ1n) is 18.8. The number of aromatic nitrogens is 2. The maximum absolute atomic E-state index is 6.68. The monoisotopic (exact) mass is 716 g/mol. The second-order valence-corrected chi connectivity index (χ2v) is 14.1. The topological polar surface area (TPSA) is 52.1 Å². The lowest BCUT2D eigenvalue weighted by Gasteiger charge is -2.13. The predicted octanol–water partition coefficient (Wildman–Crippen LogP) is 14.3. The van der Waals surface area contributed by atoms with Gasteiger partial charge in [-0.25, -0.2) is 9.97 Å². The van der Waals surface area contributed by atoms with Crippen LogP contribution < -0.4 is 0 Å². The van der Waals surface area contributed by atoms with E-state index in [2.05, 4.69) is 146 Å². The number of hydrogen-bond donors (Lipinski definition) is 0. The third-order valence-corrected chi connectivity index (χ3v) is 10.8. The summed E-state index contributed by atoms with van der Waals surface area (Å²) in [5, 5.41) is 4.40. The van der Waals surface area contributed by atoms with Gasteiger partial charge >= 0.3 is 0 Å². The second-order valence-electron chi connectivity index (χ2n) is 14.1. The van der Waals surface area contributed by atoms with Gasteiger partial charge in [0, 0.05) is 43.8 Å². The van der Waals surface area contributed by atoms with Gasteiger partial charge in [-0.15, -0.1) is 0 Å². The molecule has 3 heterocycles. The summed E-state index contributed by atoms with van der Waals surface area (Å²) in [6.45, 7) is 0. The van der Waals surface area contributed by atoms with E-state index >= 15 is 0 Å². The Morgan fingerprint density at radius 1 is 0.304 bits per heavy atom. The van der Waals surface area contributed by atoms with E-state index in [4.69, 9.17) is 18.8 Å². The van der Waals surface area contributed by atoms with Gasteiger partial charge < -0.3 is 8.83 Å². The van der Waals surface area contributed by atoms with E-state index in [-0.39, 0.29) is 0 Å². The summed E-state index contributed by atoms with van der Waals surface area (Å²) in [6.07, 6.45) is 0. The molecule has 3 aromatic heterocycles. The molecule has 11 rings (SSSR count). The van der Waals surface area contributed by atoms with E-state index in [1.807, 2.05) is 48.5 Å². The molecule has 0 atom stereocenters. The molecule has 4 nitrogen and oxygen atoms in total. The number of hydrogen-bond acceptors (Lipinski definition) is 4. The van der Waals surface area contributed by atoms with Gasteiger partial charge in [-0.3, -0.25) is 0 Å². The van der Waals surface area contributed by atoms with Crippen LogP contribution in [-0.4, -0.2) is 9.97 Å². The van der Waals surface area contributed by atoms with Crippen molar-refractivity contribution in [2.24, 2.45) is 0 Å². The summed E-state index contributed by atoms with van der Waals surface area (Å²) < 4.78 is 13.0. The van der Waals surface area contributed by atoms with Gasteiger partial charge in [0.25, 0.3) is 0 Å². The fourth-order valence-electron chi connectivity index (χ4n) is 8.04. The molecule has 0 amide bonds. The van der Waals surface area contributed by atoms with Crippen molar-refractivity contribution in [1.82, 2.24) is 9.97 Å². The summed E-state index contributed by atoms with van der Waals surface area (Å²) in [5.74, 6) is 0.686. The highest BCUT2D eigenvalue weighted by Gasteiger charge is 2.19. The number of fused-ring (bicyclic) bond motifs is 6. The molecule has 0 spiro atoms. The second kappa shape index (κ2) is 13.1. The molecule has 0 N–H and O–H groups in total. The summed E-state index contributed by atoms with van der Waals surface area (Å²) >= 11 is 0. The van der Waals surface area contributed by atoms with E-state index in [1.165, 1.54) is 0 Å². The van der Waals surface area contributed by atoms with Crippen molar-refractivity contribution in [2.75, 3.05) is 0 Å². The van der Waals surface area contributed by atoms with Crippen molar-refractivity contribution in [3.05, 3.63) is 194 Å². The lowest BCUT2D eigenvalue weighted by Crippen LogP contribution is -1.97.